The highest BCUT2D eigenvalue weighted by molar-refractivity contribution is 7.99. The largest absolute Gasteiger partial charge is 0.384 e. The zero-order valence-electron chi connectivity index (χ0n) is 15.6. The van der Waals surface area contributed by atoms with Crippen LogP contribution in [0.4, 0.5) is 11.5 Å². The van der Waals surface area contributed by atoms with Gasteiger partial charge in [0.25, 0.3) is 5.91 Å². The number of nitrogen functional groups attached to an aromatic ring is 1. The predicted molar refractivity (Wildman–Crippen MR) is 110 cm³/mol. The number of likely N-dealkylation sites (N-methyl/N-ethyl adjacent to an activating group) is 1. The van der Waals surface area contributed by atoms with Crippen LogP contribution in [-0.2, 0) is 11.2 Å². The molecule has 2 aromatic heterocycles. The summed E-state index contributed by atoms with van der Waals surface area (Å²) in [6.45, 7) is 0. The summed E-state index contributed by atoms with van der Waals surface area (Å²) in [5.41, 5.74) is 7.46. The van der Waals surface area contributed by atoms with E-state index in [1.807, 2.05) is 30.3 Å². The number of nitrogens with zero attached hydrogens (tertiary/aromatic N) is 4. The molecule has 1 aliphatic rings. The number of aromatic nitrogens is 4. The summed E-state index contributed by atoms with van der Waals surface area (Å²) in [5, 5.41) is 9.50. The zero-order chi connectivity index (χ0) is 20.4. The molecule has 1 aromatic carbocycles. The minimum absolute atomic E-state index is 0.00376. The van der Waals surface area contributed by atoms with Crippen molar-refractivity contribution in [2.24, 2.45) is 0 Å². The Morgan fingerprint density at radius 3 is 2.97 bits per heavy atom. The van der Waals surface area contributed by atoms with Gasteiger partial charge in [0.05, 0.1) is 11.9 Å². The molecule has 10 heteroatoms. The first kappa shape index (κ1) is 18.9. The molecule has 0 spiro atoms. The first-order chi connectivity index (χ1) is 14.0. The Morgan fingerprint density at radius 1 is 1.38 bits per heavy atom. The van der Waals surface area contributed by atoms with Gasteiger partial charge >= 0.3 is 0 Å². The van der Waals surface area contributed by atoms with Crippen molar-refractivity contribution in [2.75, 3.05) is 23.4 Å². The van der Waals surface area contributed by atoms with E-state index in [9.17, 15) is 9.59 Å². The first-order valence-corrected chi connectivity index (χ1v) is 9.92. The topological polar surface area (TPSA) is 130 Å². The second-order valence-electron chi connectivity index (χ2n) is 6.58. The van der Waals surface area contributed by atoms with E-state index >= 15 is 0 Å². The van der Waals surface area contributed by atoms with Crippen LogP contribution in [0.3, 0.4) is 0 Å². The summed E-state index contributed by atoms with van der Waals surface area (Å²) in [7, 11) is 1.65. The van der Waals surface area contributed by atoms with Gasteiger partial charge in [-0.05, 0) is 11.6 Å². The van der Waals surface area contributed by atoms with Crippen LogP contribution < -0.4 is 16.0 Å². The van der Waals surface area contributed by atoms with Gasteiger partial charge in [-0.1, -0.05) is 30.3 Å². The fourth-order valence-corrected chi connectivity index (χ4v) is 4.11. The summed E-state index contributed by atoms with van der Waals surface area (Å²) < 4.78 is 0. The number of carbonyl (C=O) groups excluding carboxylic acids is 2. The Kier molecular flexibility index (Phi) is 5.17. The van der Waals surface area contributed by atoms with Crippen molar-refractivity contribution >= 4 is 35.1 Å². The van der Waals surface area contributed by atoms with Gasteiger partial charge in [0.15, 0.2) is 0 Å². The number of amides is 2. The van der Waals surface area contributed by atoms with E-state index in [1.165, 1.54) is 16.7 Å². The van der Waals surface area contributed by atoms with Crippen LogP contribution in [0.5, 0.6) is 0 Å². The summed E-state index contributed by atoms with van der Waals surface area (Å²) in [4.78, 5) is 36.0. The molecule has 3 aromatic rings. The van der Waals surface area contributed by atoms with Crippen molar-refractivity contribution in [3.8, 4) is 0 Å². The van der Waals surface area contributed by atoms with Crippen molar-refractivity contribution < 1.29 is 9.59 Å². The van der Waals surface area contributed by atoms with Gasteiger partial charge in [-0.2, -0.15) is 0 Å². The molecule has 3 heterocycles. The number of carbonyl (C=O) groups is 2. The second-order valence-corrected chi connectivity index (χ2v) is 7.64. The third-order valence-corrected chi connectivity index (χ3v) is 5.66. The average Bonchev–Trinajstić information content (AvgIpc) is 3.15. The Morgan fingerprint density at radius 2 is 2.17 bits per heavy atom. The van der Waals surface area contributed by atoms with E-state index in [0.29, 0.717) is 29.5 Å². The van der Waals surface area contributed by atoms with Gasteiger partial charge in [-0.3, -0.25) is 14.7 Å². The van der Waals surface area contributed by atoms with Crippen molar-refractivity contribution in [3.05, 3.63) is 59.8 Å². The standard InChI is InChI=1S/C19H19N7O2S/c1-26-13-9-21-15(20)8-14(13)29-10-12(19(26)28)22-18(27)17-23-16(24-25-17)7-11-5-3-2-4-6-11/h2-6,8-9,12H,7,10H2,1H3,(H2,20,21)(H,22,27)(H,23,24,25)/t12-/m0/s1. The number of H-pyrrole nitrogens is 1. The number of anilines is 2. The first-order valence-electron chi connectivity index (χ1n) is 8.93. The summed E-state index contributed by atoms with van der Waals surface area (Å²) in [6, 6.07) is 10.8. The highest BCUT2D eigenvalue weighted by Crippen LogP contribution is 2.34. The number of nitrogens with two attached hydrogens (primary N) is 1. The van der Waals surface area contributed by atoms with Crippen LogP contribution in [0.1, 0.15) is 22.0 Å². The van der Waals surface area contributed by atoms with Crippen LogP contribution in [0.25, 0.3) is 0 Å². The van der Waals surface area contributed by atoms with Crippen LogP contribution in [-0.4, -0.2) is 50.8 Å². The third kappa shape index (κ3) is 4.06. The Bertz CT molecular complexity index is 1050. The monoisotopic (exact) mass is 409 g/mol. The van der Waals surface area contributed by atoms with E-state index in [4.69, 9.17) is 5.73 Å². The molecule has 0 saturated carbocycles. The molecule has 0 unspecified atom stereocenters. The molecule has 1 atom stereocenters. The molecule has 0 radical (unpaired) electrons. The van der Waals surface area contributed by atoms with Crippen LogP contribution >= 0.6 is 11.8 Å². The molecular formula is C19H19N7O2S. The molecule has 29 heavy (non-hydrogen) atoms. The molecule has 0 saturated heterocycles. The fourth-order valence-electron chi connectivity index (χ4n) is 3.00. The van der Waals surface area contributed by atoms with Crippen LogP contribution in [0.15, 0.2) is 47.5 Å². The van der Waals surface area contributed by atoms with E-state index in [-0.39, 0.29) is 11.7 Å². The minimum Gasteiger partial charge on any atom is -0.384 e. The summed E-state index contributed by atoms with van der Waals surface area (Å²) >= 11 is 1.44. The lowest BCUT2D eigenvalue weighted by Crippen LogP contribution is -2.48. The molecule has 148 valence electrons. The van der Waals surface area contributed by atoms with Gasteiger partial charge < -0.3 is 16.0 Å². The SMILES string of the molecule is CN1C(=O)[C@@H](NC(=O)c2n[nH]c(Cc3ccccc3)n2)CSc2cc(N)ncc21. The lowest BCUT2D eigenvalue weighted by Gasteiger charge is -2.20. The second kappa shape index (κ2) is 7.92. The van der Waals surface area contributed by atoms with Crippen molar-refractivity contribution in [2.45, 2.75) is 17.4 Å². The maximum absolute atomic E-state index is 12.8. The number of hydrogen-bond donors (Lipinski definition) is 3. The number of hydrogen-bond acceptors (Lipinski definition) is 7. The van der Waals surface area contributed by atoms with E-state index < -0.39 is 11.9 Å². The molecule has 4 rings (SSSR count). The van der Waals surface area contributed by atoms with Crippen molar-refractivity contribution in [1.82, 2.24) is 25.5 Å². The zero-order valence-corrected chi connectivity index (χ0v) is 16.4. The maximum Gasteiger partial charge on any atom is 0.291 e. The third-order valence-electron chi connectivity index (χ3n) is 4.52. The normalized spacial score (nSPS) is 16.2. The fraction of sp³-hybridized carbons (Fsp3) is 0.211. The number of fused-ring (bicyclic) bond motifs is 1. The molecule has 0 aliphatic carbocycles. The average molecular weight is 409 g/mol. The Labute approximate surface area is 171 Å². The van der Waals surface area contributed by atoms with E-state index in [0.717, 1.165) is 10.5 Å². The van der Waals surface area contributed by atoms with Gasteiger partial charge in [-0.25, -0.2) is 9.97 Å². The Hall–Kier alpha value is -3.40. The molecule has 9 nitrogen and oxygen atoms in total. The summed E-state index contributed by atoms with van der Waals surface area (Å²) in [6.07, 6.45) is 2.09. The lowest BCUT2D eigenvalue weighted by molar-refractivity contribution is -0.119. The highest BCUT2D eigenvalue weighted by Gasteiger charge is 2.31. The Balaban J connectivity index is 1.45. The van der Waals surface area contributed by atoms with Gasteiger partial charge in [-0.15, -0.1) is 16.9 Å². The molecule has 0 fully saturated rings. The number of benzene rings is 1. The predicted octanol–water partition coefficient (Wildman–Crippen LogP) is 1.24. The summed E-state index contributed by atoms with van der Waals surface area (Å²) in [5.74, 6) is 0.587. The van der Waals surface area contributed by atoms with Crippen molar-refractivity contribution in [3.63, 3.8) is 0 Å². The number of rotatable bonds is 4. The molecule has 2 amide bonds. The smallest absolute Gasteiger partial charge is 0.291 e. The number of nitrogens with one attached hydrogen (secondary N) is 2. The minimum atomic E-state index is -0.720. The highest BCUT2D eigenvalue weighted by atomic mass is 32.2. The number of aromatic amines is 1. The van der Waals surface area contributed by atoms with Gasteiger partial charge in [0, 0.05) is 24.1 Å². The number of thioether (sulfide) groups is 1. The van der Waals surface area contributed by atoms with Gasteiger partial charge in [0.1, 0.15) is 17.7 Å². The maximum atomic E-state index is 12.8. The van der Waals surface area contributed by atoms with Gasteiger partial charge in [0.2, 0.25) is 11.7 Å². The lowest BCUT2D eigenvalue weighted by atomic mass is 10.1. The molecule has 1 aliphatic heterocycles. The molecule has 4 N–H and O–H groups in total. The van der Waals surface area contributed by atoms with Crippen LogP contribution in [0, 0.1) is 0 Å². The van der Waals surface area contributed by atoms with Crippen LogP contribution in [0.2, 0.25) is 0 Å². The molecule has 0 bridgehead atoms. The van der Waals surface area contributed by atoms with Crippen molar-refractivity contribution in [1.29, 1.82) is 0 Å². The molecular weight excluding hydrogens is 390 g/mol. The van der Waals surface area contributed by atoms with E-state index in [2.05, 4.69) is 25.5 Å². The quantitative estimate of drug-likeness (QED) is 0.591. The van der Waals surface area contributed by atoms with E-state index in [1.54, 1.807) is 19.3 Å². The number of pyridine rings is 1.